The van der Waals surface area contributed by atoms with Crippen LogP contribution in [0.5, 0.6) is 5.75 Å². The van der Waals surface area contributed by atoms with Crippen molar-refractivity contribution in [3.05, 3.63) is 126 Å². The number of methoxy groups -OCH3 is 1. The number of anilines is 1. The number of hydrogen-bond donors (Lipinski definition) is 1. The molecule has 4 aromatic carbocycles. The molecular formula is C34H36FN3O5S. The van der Waals surface area contributed by atoms with Crippen LogP contribution in [0.4, 0.5) is 10.1 Å². The van der Waals surface area contributed by atoms with Crippen molar-refractivity contribution < 1.29 is 27.1 Å². The fourth-order valence-electron chi connectivity index (χ4n) is 4.76. The van der Waals surface area contributed by atoms with Gasteiger partial charge in [-0.2, -0.15) is 0 Å². The molecule has 0 fully saturated rings. The van der Waals surface area contributed by atoms with Gasteiger partial charge >= 0.3 is 0 Å². The third-order valence-electron chi connectivity index (χ3n) is 6.95. The van der Waals surface area contributed by atoms with Crippen LogP contribution in [0.2, 0.25) is 0 Å². The van der Waals surface area contributed by atoms with E-state index in [2.05, 4.69) is 5.32 Å². The third kappa shape index (κ3) is 8.02. The highest BCUT2D eigenvalue weighted by molar-refractivity contribution is 7.92. The Hall–Kier alpha value is -4.70. The fraction of sp³-hybridized carbons (Fsp3) is 0.235. The van der Waals surface area contributed by atoms with E-state index >= 15 is 0 Å². The second-order valence-corrected chi connectivity index (χ2v) is 12.4. The van der Waals surface area contributed by atoms with Gasteiger partial charge in [0.15, 0.2) is 0 Å². The molecule has 1 N–H and O–H groups in total. The van der Waals surface area contributed by atoms with Crippen LogP contribution in [0.25, 0.3) is 0 Å². The molecule has 0 spiro atoms. The SMILES string of the molecule is COc1cccc(N(CC(=O)N(Cc2ccccc2F)C(Cc2ccccc2)C(=O)NC(C)C)S(=O)(=O)c2ccccc2)c1. The van der Waals surface area contributed by atoms with Crippen molar-refractivity contribution >= 4 is 27.5 Å². The maximum atomic E-state index is 15.0. The maximum absolute atomic E-state index is 15.0. The van der Waals surface area contributed by atoms with E-state index in [0.717, 1.165) is 9.87 Å². The number of nitrogens with one attached hydrogen (secondary N) is 1. The summed E-state index contributed by atoms with van der Waals surface area (Å²) < 4.78 is 49.3. The fourth-order valence-corrected chi connectivity index (χ4v) is 6.19. The van der Waals surface area contributed by atoms with Crippen molar-refractivity contribution in [3.63, 3.8) is 0 Å². The Balaban J connectivity index is 1.82. The molecule has 8 nitrogen and oxygen atoms in total. The largest absolute Gasteiger partial charge is 0.497 e. The molecule has 44 heavy (non-hydrogen) atoms. The Morgan fingerprint density at radius 1 is 0.864 bits per heavy atom. The van der Waals surface area contributed by atoms with Crippen molar-refractivity contribution in [3.8, 4) is 5.75 Å². The minimum absolute atomic E-state index is 0.0188. The molecule has 0 aliphatic carbocycles. The first kappa shape index (κ1) is 32.2. The quantitative estimate of drug-likeness (QED) is 0.223. The Bertz CT molecular complexity index is 1670. The molecule has 10 heteroatoms. The smallest absolute Gasteiger partial charge is 0.264 e. The van der Waals surface area contributed by atoms with Crippen molar-refractivity contribution in [2.24, 2.45) is 0 Å². The van der Waals surface area contributed by atoms with Gasteiger partial charge in [0, 0.05) is 30.6 Å². The number of nitrogens with zero attached hydrogens (tertiary/aromatic N) is 2. The van der Waals surface area contributed by atoms with E-state index < -0.39 is 40.2 Å². The molecule has 0 bridgehead atoms. The first-order valence-corrected chi connectivity index (χ1v) is 15.6. The molecule has 230 valence electrons. The molecule has 0 radical (unpaired) electrons. The highest BCUT2D eigenvalue weighted by Crippen LogP contribution is 2.28. The maximum Gasteiger partial charge on any atom is 0.264 e. The van der Waals surface area contributed by atoms with Gasteiger partial charge < -0.3 is 15.0 Å². The van der Waals surface area contributed by atoms with Gasteiger partial charge in [-0.3, -0.25) is 13.9 Å². The topological polar surface area (TPSA) is 96.0 Å². The Kier molecular flexibility index (Phi) is 10.7. The second kappa shape index (κ2) is 14.7. The van der Waals surface area contributed by atoms with Crippen LogP contribution in [0.15, 0.2) is 114 Å². The van der Waals surface area contributed by atoms with Gasteiger partial charge in [0.2, 0.25) is 11.8 Å². The normalized spacial score (nSPS) is 11.9. The zero-order valence-electron chi connectivity index (χ0n) is 24.9. The monoisotopic (exact) mass is 617 g/mol. The number of rotatable bonds is 13. The Morgan fingerprint density at radius 2 is 1.50 bits per heavy atom. The predicted octanol–water partition coefficient (Wildman–Crippen LogP) is 5.19. The summed E-state index contributed by atoms with van der Waals surface area (Å²) in [6, 6.07) is 28.0. The lowest BCUT2D eigenvalue weighted by Crippen LogP contribution is -2.54. The van der Waals surface area contributed by atoms with E-state index in [1.165, 1.54) is 48.4 Å². The minimum atomic E-state index is -4.26. The van der Waals surface area contributed by atoms with E-state index in [9.17, 15) is 22.4 Å². The number of carbonyl (C=O) groups excluding carboxylic acids is 2. The Labute approximate surface area is 258 Å². The summed E-state index contributed by atoms with van der Waals surface area (Å²) in [5.74, 6) is -1.28. The molecule has 0 aliphatic heterocycles. The first-order valence-electron chi connectivity index (χ1n) is 14.2. The number of amides is 2. The Morgan fingerprint density at radius 3 is 2.14 bits per heavy atom. The average Bonchev–Trinajstić information content (AvgIpc) is 3.02. The highest BCUT2D eigenvalue weighted by Gasteiger charge is 2.35. The molecule has 0 aliphatic rings. The highest BCUT2D eigenvalue weighted by atomic mass is 32.2. The molecule has 0 aromatic heterocycles. The molecule has 2 amide bonds. The summed E-state index contributed by atoms with van der Waals surface area (Å²) in [6.45, 7) is 2.69. The summed E-state index contributed by atoms with van der Waals surface area (Å²) in [6.07, 6.45) is 0.129. The molecule has 0 heterocycles. The van der Waals surface area contributed by atoms with E-state index in [4.69, 9.17) is 4.74 Å². The van der Waals surface area contributed by atoms with Gasteiger partial charge in [-0.1, -0.05) is 72.8 Å². The van der Waals surface area contributed by atoms with Crippen LogP contribution in [-0.4, -0.2) is 50.9 Å². The number of benzene rings is 4. The first-order chi connectivity index (χ1) is 21.1. The van der Waals surface area contributed by atoms with Crippen molar-refractivity contribution in [1.82, 2.24) is 10.2 Å². The lowest BCUT2D eigenvalue weighted by Gasteiger charge is -2.34. The van der Waals surface area contributed by atoms with Crippen molar-refractivity contribution in [2.45, 2.75) is 43.8 Å². The molecule has 1 unspecified atom stereocenters. The summed E-state index contributed by atoms with van der Waals surface area (Å²) in [7, 11) is -2.80. The minimum Gasteiger partial charge on any atom is -0.497 e. The van der Waals surface area contributed by atoms with Crippen LogP contribution < -0.4 is 14.4 Å². The van der Waals surface area contributed by atoms with Gasteiger partial charge in [-0.15, -0.1) is 0 Å². The van der Waals surface area contributed by atoms with Gasteiger partial charge in [0.05, 0.1) is 17.7 Å². The van der Waals surface area contributed by atoms with Crippen LogP contribution in [0, 0.1) is 5.82 Å². The van der Waals surface area contributed by atoms with E-state index in [1.54, 1.807) is 56.3 Å². The number of sulfonamides is 1. The van der Waals surface area contributed by atoms with E-state index in [-0.39, 0.29) is 35.2 Å². The van der Waals surface area contributed by atoms with Gasteiger partial charge in [0.25, 0.3) is 10.0 Å². The van der Waals surface area contributed by atoms with Crippen molar-refractivity contribution in [2.75, 3.05) is 18.0 Å². The van der Waals surface area contributed by atoms with E-state index in [1.807, 2.05) is 30.3 Å². The molecule has 4 aromatic rings. The summed E-state index contributed by atoms with van der Waals surface area (Å²) >= 11 is 0. The molecular weight excluding hydrogens is 581 g/mol. The third-order valence-corrected chi connectivity index (χ3v) is 8.74. The molecule has 1 atom stereocenters. The number of hydrogen-bond acceptors (Lipinski definition) is 5. The molecule has 0 saturated heterocycles. The van der Waals surface area contributed by atoms with Gasteiger partial charge in [0.1, 0.15) is 24.2 Å². The van der Waals surface area contributed by atoms with Crippen LogP contribution in [0.3, 0.4) is 0 Å². The van der Waals surface area contributed by atoms with Gasteiger partial charge in [-0.25, -0.2) is 12.8 Å². The molecule has 0 saturated carbocycles. The van der Waals surface area contributed by atoms with Crippen LogP contribution >= 0.6 is 0 Å². The zero-order valence-corrected chi connectivity index (χ0v) is 25.7. The number of halogens is 1. The van der Waals surface area contributed by atoms with E-state index in [0.29, 0.717) is 5.75 Å². The lowest BCUT2D eigenvalue weighted by molar-refractivity contribution is -0.140. The number of ether oxygens (including phenoxy) is 1. The summed E-state index contributed by atoms with van der Waals surface area (Å²) in [5.41, 5.74) is 1.16. The second-order valence-electron chi connectivity index (χ2n) is 10.5. The standard InChI is InChI=1S/C34H36FN3O5S/c1-25(2)36-34(40)32(21-26-13-6-4-7-14-26)37(23-27-15-10-11-20-31(27)35)33(39)24-38(28-16-12-17-29(22-28)43-3)44(41,42)30-18-8-5-9-19-30/h4-20,22,25,32H,21,23-24H2,1-3H3,(H,36,40). The van der Waals surface area contributed by atoms with Crippen LogP contribution in [0.1, 0.15) is 25.0 Å². The average molecular weight is 618 g/mol. The predicted molar refractivity (Wildman–Crippen MR) is 168 cm³/mol. The molecule has 4 rings (SSSR count). The van der Waals surface area contributed by atoms with Crippen molar-refractivity contribution in [1.29, 1.82) is 0 Å². The van der Waals surface area contributed by atoms with Crippen LogP contribution in [-0.2, 0) is 32.6 Å². The lowest BCUT2D eigenvalue weighted by atomic mass is 10.0. The summed E-state index contributed by atoms with van der Waals surface area (Å²) in [4.78, 5) is 29.3. The summed E-state index contributed by atoms with van der Waals surface area (Å²) in [5, 5.41) is 2.88. The van der Waals surface area contributed by atoms with Gasteiger partial charge in [-0.05, 0) is 49.7 Å². The number of carbonyl (C=O) groups is 2. The zero-order chi connectivity index (χ0) is 31.7.